The highest BCUT2D eigenvalue weighted by Crippen LogP contribution is 1.93. The van der Waals surface area contributed by atoms with Crippen LogP contribution < -0.4 is 11.1 Å². The second-order valence-corrected chi connectivity index (χ2v) is 3.86. The first kappa shape index (κ1) is 12.7. The Labute approximate surface area is 94.4 Å². The van der Waals surface area contributed by atoms with Gasteiger partial charge in [-0.15, -0.1) is 0 Å². The number of nitrogens with two attached hydrogens (primary N) is 1. The molecule has 4 N–H and O–H groups in total. The zero-order chi connectivity index (χ0) is 12.0. The number of aliphatic hydroxyl groups is 1. The van der Waals surface area contributed by atoms with E-state index in [1.165, 1.54) is 0 Å². The van der Waals surface area contributed by atoms with E-state index < -0.39 is 6.10 Å². The smallest absolute Gasteiger partial charge is 0.218 e. The monoisotopic (exact) mass is 226 g/mol. The number of carbonyl (C=O) groups excluding carboxylic acids is 1. The van der Waals surface area contributed by atoms with Crippen molar-refractivity contribution in [3.05, 3.63) is 18.5 Å². The molecule has 0 saturated heterocycles. The fourth-order valence-corrected chi connectivity index (χ4v) is 1.40. The van der Waals surface area contributed by atoms with Gasteiger partial charge in [0.15, 0.2) is 0 Å². The lowest BCUT2D eigenvalue weighted by atomic mass is 10.2. The lowest BCUT2D eigenvalue weighted by Gasteiger charge is -2.16. The molecule has 0 fully saturated rings. The summed E-state index contributed by atoms with van der Waals surface area (Å²) in [5.41, 5.74) is 5.05. The number of rotatable bonds is 7. The van der Waals surface area contributed by atoms with Gasteiger partial charge in [-0.25, -0.2) is 0 Å². The molecule has 1 rings (SSSR count). The van der Waals surface area contributed by atoms with Gasteiger partial charge in [0.2, 0.25) is 5.91 Å². The van der Waals surface area contributed by atoms with Crippen molar-refractivity contribution in [1.29, 1.82) is 0 Å². The van der Waals surface area contributed by atoms with Crippen LogP contribution >= 0.6 is 0 Å². The molecule has 90 valence electrons. The van der Waals surface area contributed by atoms with Gasteiger partial charge < -0.3 is 16.2 Å². The van der Waals surface area contributed by atoms with Crippen LogP contribution in [-0.2, 0) is 11.3 Å². The van der Waals surface area contributed by atoms with Crippen molar-refractivity contribution in [3.63, 3.8) is 0 Å². The molecule has 16 heavy (non-hydrogen) atoms. The molecule has 1 heterocycles. The predicted molar refractivity (Wildman–Crippen MR) is 59.5 cm³/mol. The number of hydrogen-bond donors (Lipinski definition) is 3. The minimum atomic E-state index is -0.532. The van der Waals surface area contributed by atoms with Crippen LogP contribution in [0.25, 0.3) is 0 Å². The van der Waals surface area contributed by atoms with Crippen molar-refractivity contribution < 1.29 is 9.90 Å². The molecule has 2 atom stereocenters. The molecule has 6 nitrogen and oxygen atoms in total. The molecule has 2 unspecified atom stereocenters. The summed E-state index contributed by atoms with van der Waals surface area (Å²) in [6.07, 6.45) is 3.19. The van der Waals surface area contributed by atoms with E-state index in [-0.39, 0.29) is 18.4 Å². The molecule has 1 aromatic heterocycles. The largest absolute Gasteiger partial charge is 0.390 e. The van der Waals surface area contributed by atoms with Gasteiger partial charge in [0.1, 0.15) is 0 Å². The lowest BCUT2D eigenvalue weighted by molar-refractivity contribution is -0.118. The van der Waals surface area contributed by atoms with E-state index in [1.807, 2.05) is 6.92 Å². The Morgan fingerprint density at radius 3 is 3.00 bits per heavy atom. The summed E-state index contributed by atoms with van der Waals surface area (Å²) in [7, 11) is 0. The van der Waals surface area contributed by atoms with Gasteiger partial charge in [0, 0.05) is 31.4 Å². The first-order chi connectivity index (χ1) is 7.58. The standard InChI is InChI=1S/C10H18N4O2/c1-8(5-10(11)16)12-6-9(15)7-14-4-2-3-13-14/h2-4,8-9,12,15H,5-7H2,1H3,(H2,11,16). The van der Waals surface area contributed by atoms with E-state index in [0.29, 0.717) is 13.1 Å². The third-order valence-corrected chi connectivity index (χ3v) is 2.17. The van der Waals surface area contributed by atoms with Gasteiger partial charge in [-0.2, -0.15) is 5.10 Å². The predicted octanol–water partition coefficient (Wildman–Crippen LogP) is -0.902. The maximum atomic E-state index is 10.6. The molecule has 0 spiro atoms. The molecule has 1 aromatic rings. The van der Waals surface area contributed by atoms with E-state index in [0.717, 1.165) is 0 Å². The second-order valence-electron chi connectivity index (χ2n) is 3.86. The van der Waals surface area contributed by atoms with Crippen LogP contribution in [0, 0.1) is 0 Å². The zero-order valence-corrected chi connectivity index (χ0v) is 9.34. The Balaban J connectivity index is 2.19. The Hall–Kier alpha value is -1.40. The molecule has 6 heteroatoms. The third kappa shape index (κ3) is 4.90. The van der Waals surface area contributed by atoms with Crippen LogP contribution in [0.2, 0.25) is 0 Å². The van der Waals surface area contributed by atoms with Gasteiger partial charge in [-0.3, -0.25) is 9.48 Å². The van der Waals surface area contributed by atoms with Crippen LogP contribution in [0.15, 0.2) is 18.5 Å². The number of nitrogens with one attached hydrogen (secondary N) is 1. The van der Waals surface area contributed by atoms with E-state index >= 15 is 0 Å². The molecular weight excluding hydrogens is 208 g/mol. The average molecular weight is 226 g/mol. The maximum Gasteiger partial charge on any atom is 0.218 e. The number of aromatic nitrogens is 2. The Kier molecular flexibility index (Phi) is 4.94. The van der Waals surface area contributed by atoms with Crippen molar-refractivity contribution >= 4 is 5.91 Å². The third-order valence-electron chi connectivity index (χ3n) is 2.17. The second kappa shape index (κ2) is 6.24. The van der Waals surface area contributed by atoms with Crippen LogP contribution in [0.1, 0.15) is 13.3 Å². The van der Waals surface area contributed by atoms with E-state index in [1.54, 1.807) is 23.1 Å². The highest BCUT2D eigenvalue weighted by Gasteiger charge is 2.09. The number of nitrogens with zero attached hydrogens (tertiary/aromatic N) is 2. The number of hydrogen-bond acceptors (Lipinski definition) is 4. The quantitative estimate of drug-likeness (QED) is 0.561. The Morgan fingerprint density at radius 1 is 1.69 bits per heavy atom. The van der Waals surface area contributed by atoms with Crippen LogP contribution in [0.5, 0.6) is 0 Å². The molecule has 0 aromatic carbocycles. The molecule has 0 radical (unpaired) electrons. The van der Waals surface area contributed by atoms with E-state index in [9.17, 15) is 9.90 Å². The number of aliphatic hydroxyl groups excluding tert-OH is 1. The summed E-state index contributed by atoms with van der Waals surface area (Å²) in [5, 5.41) is 16.7. The summed E-state index contributed by atoms with van der Waals surface area (Å²) in [5.74, 6) is -0.346. The molecule has 1 amide bonds. The first-order valence-electron chi connectivity index (χ1n) is 5.25. The Morgan fingerprint density at radius 2 is 2.44 bits per heavy atom. The van der Waals surface area contributed by atoms with Crippen LogP contribution in [0.4, 0.5) is 0 Å². The van der Waals surface area contributed by atoms with Crippen molar-refractivity contribution in [2.75, 3.05) is 6.54 Å². The molecule has 0 bridgehead atoms. The van der Waals surface area contributed by atoms with Gasteiger partial charge in [0.05, 0.1) is 12.6 Å². The first-order valence-corrected chi connectivity index (χ1v) is 5.25. The number of carbonyl (C=O) groups is 1. The number of amides is 1. The minimum absolute atomic E-state index is 0.0234. The van der Waals surface area contributed by atoms with Crippen LogP contribution in [-0.4, -0.2) is 39.5 Å². The van der Waals surface area contributed by atoms with Gasteiger partial charge in [-0.1, -0.05) is 0 Å². The summed E-state index contributed by atoms with van der Waals surface area (Å²) in [6, 6.07) is 1.78. The van der Waals surface area contributed by atoms with E-state index in [4.69, 9.17) is 5.73 Å². The summed E-state index contributed by atoms with van der Waals surface area (Å²) in [4.78, 5) is 10.6. The summed E-state index contributed by atoms with van der Waals surface area (Å²) in [6.45, 7) is 2.70. The summed E-state index contributed by atoms with van der Waals surface area (Å²) < 4.78 is 1.66. The van der Waals surface area contributed by atoms with Gasteiger partial charge in [-0.05, 0) is 13.0 Å². The highest BCUT2D eigenvalue weighted by molar-refractivity contribution is 5.74. The molecule has 0 aliphatic heterocycles. The summed E-state index contributed by atoms with van der Waals surface area (Å²) >= 11 is 0. The lowest BCUT2D eigenvalue weighted by Crippen LogP contribution is -2.37. The number of primary amides is 1. The van der Waals surface area contributed by atoms with E-state index in [2.05, 4.69) is 10.4 Å². The van der Waals surface area contributed by atoms with Crippen molar-refractivity contribution in [2.24, 2.45) is 5.73 Å². The SMILES string of the molecule is CC(CC(N)=O)NCC(O)Cn1cccn1. The van der Waals surface area contributed by atoms with Gasteiger partial charge >= 0.3 is 0 Å². The molecule has 0 saturated carbocycles. The normalized spacial score (nSPS) is 14.6. The topological polar surface area (TPSA) is 93.2 Å². The van der Waals surface area contributed by atoms with Gasteiger partial charge in [0.25, 0.3) is 0 Å². The molecule has 0 aliphatic rings. The molecule has 0 aliphatic carbocycles. The minimum Gasteiger partial charge on any atom is -0.390 e. The Bertz CT molecular complexity index is 313. The maximum absolute atomic E-state index is 10.6. The fourth-order valence-electron chi connectivity index (χ4n) is 1.40. The fraction of sp³-hybridized carbons (Fsp3) is 0.600. The van der Waals surface area contributed by atoms with Crippen molar-refractivity contribution in [3.8, 4) is 0 Å². The molecular formula is C10H18N4O2. The highest BCUT2D eigenvalue weighted by atomic mass is 16.3. The average Bonchev–Trinajstić information content (AvgIpc) is 2.66. The van der Waals surface area contributed by atoms with Crippen LogP contribution in [0.3, 0.4) is 0 Å². The zero-order valence-electron chi connectivity index (χ0n) is 9.34. The van der Waals surface area contributed by atoms with Crippen molar-refractivity contribution in [1.82, 2.24) is 15.1 Å². The van der Waals surface area contributed by atoms with Crippen molar-refractivity contribution in [2.45, 2.75) is 32.0 Å².